The maximum absolute atomic E-state index is 12.9. The largest absolute Gasteiger partial charge is 0.416 e. The summed E-state index contributed by atoms with van der Waals surface area (Å²) in [4.78, 5) is 27.5. The Morgan fingerprint density at radius 3 is 2.58 bits per heavy atom. The molecule has 0 radical (unpaired) electrons. The van der Waals surface area contributed by atoms with Crippen molar-refractivity contribution in [2.45, 2.75) is 19.1 Å². The van der Waals surface area contributed by atoms with E-state index in [1.54, 1.807) is 11.0 Å². The van der Waals surface area contributed by atoms with E-state index in [1.165, 1.54) is 18.1 Å². The lowest BCUT2D eigenvalue weighted by molar-refractivity contribution is -0.137. The number of methoxy groups -OCH3 is 1. The van der Waals surface area contributed by atoms with Crippen molar-refractivity contribution in [1.29, 1.82) is 0 Å². The van der Waals surface area contributed by atoms with Gasteiger partial charge >= 0.3 is 6.18 Å². The van der Waals surface area contributed by atoms with Gasteiger partial charge in [-0.3, -0.25) is 9.59 Å². The molecule has 0 bridgehead atoms. The van der Waals surface area contributed by atoms with Crippen molar-refractivity contribution in [2.24, 2.45) is 0 Å². The summed E-state index contributed by atoms with van der Waals surface area (Å²) in [6, 6.07) is 3.78. The molecule has 1 fully saturated rings. The van der Waals surface area contributed by atoms with Crippen LogP contribution < -0.4 is 10.2 Å². The van der Waals surface area contributed by atoms with Gasteiger partial charge in [-0.1, -0.05) is 6.07 Å². The number of piperazine rings is 1. The molecule has 9 heteroatoms. The van der Waals surface area contributed by atoms with Gasteiger partial charge in [-0.05, 0) is 18.2 Å². The molecule has 2 amide bonds. The third-order valence-corrected chi connectivity index (χ3v) is 4.07. The molecular weight excluding hydrogens is 351 g/mol. The molecule has 0 spiro atoms. The van der Waals surface area contributed by atoms with Crippen LogP contribution >= 0.6 is 0 Å². The predicted octanol–water partition coefficient (Wildman–Crippen LogP) is 1.51. The lowest BCUT2D eigenvalue weighted by Crippen LogP contribution is -2.56. The summed E-state index contributed by atoms with van der Waals surface area (Å²) >= 11 is 0. The summed E-state index contributed by atoms with van der Waals surface area (Å²) in [6.07, 6.45) is -4.44. The molecule has 1 atom stereocenters. The van der Waals surface area contributed by atoms with Gasteiger partial charge in [0.15, 0.2) is 0 Å². The van der Waals surface area contributed by atoms with Crippen LogP contribution in [0.2, 0.25) is 0 Å². The van der Waals surface area contributed by atoms with Crippen LogP contribution in [0.3, 0.4) is 0 Å². The Labute approximate surface area is 154 Å². The first-order valence-electron chi connectivity index (χ1n) is 9.44. The topological polar surface area (TPSA) is 61.9 Å². The molecule has 6 nitrogen and oxygen atoms in total. The lowest BCUT2D eigenvalue weighted by Gasteiger charge is -2.37. The Morgan fingerprint density at radius 1 is 1.31 bits per heavy atom. The first kappa shape index (κ1) is 15.9. The van der Waals surface area contributed by atoms with Gasteiger partial charge in [-0.25, -0.2) is 0 Å². The Balaban J connectivity index is 2.01. The highest BCUT2D eigenvalue weighted by Crippen LogP contribution is 2.31. The number of carbonyl (C=O) groups excluding carboxylic acids is 2. The fourth-order valence-electron chi connectivity index (χ4n) is 2.78. The first-order valence-corrected chi connectivity index (χ1v) is 7.94. The van der Waals surface area contributed by atoms with Gasteiger partial charge in [0.25, 0.3) is 0 Å². The summed E-state index contributed by atoms with van der Waals surface area (Å²) in [6.45, 7) is -2.10. The zero-order valence-corrected chi connectivity index (χ0v) is 14.2. The van der Waals surface area contributed by atoms with Crippen molar-refractivity contribution < 1.29 is 31.6 Å². The number of hydrogen-bond acceptors (Lipinski definition) is 4. The number of benzene rings is 1. The highest BCUT2D eigenvalue weighted by molar-refractivity contribution is 5.87. The highest BCUT2D eigenvalue weighted by atomic mass is 19.4. The Bertz CT molecular complexity index is 736. The predicted molar refractivity (Wildman–Crippen MR) is 89.7 cm³/mol. The molecule has 0 aromatic heterocycles. The molecule has 1 aliphatic rings. The number of anilines is 1. The average molecular weight is 376 g/mol. The number of hydrogen-bond donors (Lipinski definition) is 1. The van der Waals surface area contributed by atoms with E-state index in [0.29, 0.717) is 18.8 Å². The summed E-state index contributed by atoms with van der Waals surface area (Å²) in [5, 5.41) is 2.17. The van der Waals surface area contributed by atoms with E-state index in [4.69, 9.17) is 8.85 Å². The van der Waals surface area contributed by atoms with Gasteiger partial charge < -0.3 is 19.9 Å². The Kier molecular flexibility index (Phi) is 5.14. The van der Waals surface area contributed by atoms with Gasteiger partial charge in [-0.15, -0.1) is 0 Å². The van der Waals surface area contributed by atoms with E-state index < -0.39 is 36.4 Å². The van der Waals surface area contributed by atoms with Gasteiger partial charge in [0.05, 0.1) is 12.2 Å². The number of rotatable bonds is 5. The summed E-state index contributed by atoms with van der Waals surface area (Å²) in [5.41, 5.74) is -0.350. The quantitative estimate of drug-likeness (QED) is 0.846. The van der Waals surface area contributed by atoms with Crippen molar-refractivity contribution in [3.63, 3.8) is 0 Å². The summed E-state index contributed by atoms with van der Waals surface area (Å²) < 4.78 is 64.9. The van der Waals surface area contributed by atoms with Gasteiger partial charge in [0, 0.05) is 49.9 Å². The summed E-state index contributed by atoms with van der Waals surface area (Å²) in [7, 11) is 1.31. The second kappa shape index (κ2) is 8.39. The SMILES string of the molecule is [2H]C([2H])([2H])C(=O)N[C@@H](COC)C(=O)N1CCN(c2cccc(C(F)(F)F)c2)CC1. The number of alkyl halides is 3. The number of carbonyl (C=O) groups is 2. The van der Waals surface area contributed by atoms with Crippen molar-refractivity contribution in [2.75, 3.05) is 44.8 Å². The van der Waals surface area contributed by atoms with Crippen LogP contribution in [-0.2, 0) is 20.5 Å². The van der Waals surface area contributed by atoms with E-state index in [1.807, 2.05) is 0 Å². The number of halogens is 3. The third-order valence-electron chi connectivity index (χ3n) is 4.07. The van der Waals surface area contributed by atoms with E-state index >= 15 is 0 Å². The van der Waals surface area contributed by atoms with Crippen LogP contribution in [0, 0.1) is 0 Å². The molecule has 1 aromatic rings. The minimum Gasteiger partial charge on any atom is -0.382 e. The minimum absolute atomic E-state index is 0.200. The maximum atomic E-state index is 12.9. The number of nitrogens with one attached hydrogen (secondary N) is 1. The van der Waals surface area contributed by atoms with Gasteiger partial charge in [0.1, 0.15) is 6.04 Å². The standard InChI is InChI=1S/C17H22F3N3O3/c1-12(24)21-15(11-26-2)16(25)23-8-6-22(7-9-23)14-5-3-4-13(10-14)17(18,19)20/h3-5,10,15H,6-9,11H2,1-2H3,(H,21,24)/t15-/m0/s1/i1D3. The smallest absolute Gasteiger partial charge is 0.382 e. The van der Waals surface area contributed by atoms with E-state index in [9.17, 15) is 22.8 Å². The Hall–Kier alpha value is -2.29. The van der Waals surface area contributed by atoms with E-state index in [-0.39, 0.29) is 19.7 Å². The maximum Gasteiger partial charge on any atom is 0.416 e. The van der Waals surface area contributed by atoms with Crippen LogP contribution in [-0.4, -0.2) is 62.7 Å². The zero-order valence-electron chi connectivity index (χ0n) is 17.2. The first-order chi connectivity index (χ1) is 13.4. The molecule has 0 aliphatic carbocycles. The molecule has 0 saturated carbocycles. The summed E-state index contributed by atoms with van der Waals surface area (Å²) in [5.74, 6) is -1.76. The molecule has 1 heterocycles. The van der Waals surface area contributed by atoms with Crippen LogP contribution in [0.15, 0.2) is 24.3 Å². The fourth-order valence-corrected chi connectivity index (χ4v) is 2.78. The van der Waals surface area contributed by atoms with Crippen molar-refractivity contribution in [3.8, 4) is 0 Å². The second-order valence-electron chi connectivity index (χ2n) is 5.84. The monoisotopic (exact) mass is 376 g/mol. The fraction of sp³-hybridized carbons (Fsp3) is 0.529. The molecule has 26 heavy (non-hydrogen) atoms. The van der Waals surface area contributed by atoms with Gasteiger partial charge in [-0.2, -0.15) is 13.2 Å². The third kappa shape index (κ3) is 5.10. The van der Waals surface area contributed by atoms with Crippen molar-refractivity contribution >= 4 is 17.5 Å². The molecule has 144 valence electrons. The van der Waals surface area contributed by atoms with E-state index in [2.05, 4.69) is 5.32 Å². The van der Waals surface area contributed by atoms with Crippen molar-refractivity contribution in [3.05, 3.63) is 29.8 Å². The second-order valence-corrected chi connectivity index (χ2v) is 5.84. The minimum atomic E-state index is -4.44. The van der Waals surface area contributed by atoms with Crippen LogP contribution in [0.1, 0.15) is 16.5 Å². The molecular formula is C17H22F3N3O3. The molecule has 1 N–H and O–H groups in total. The van der Waals surface area contributed by atoms with Crippen LogP contribution in [0.25, 0.3) is 0 Å². The van der Waals surface area contributed by atoms with Crippen LogP contribution in [0.5, 0.6) is 0 Å². The van der Waals surface area contributed by atoms with E-state index in [0.717, 1.165) is 12.1 Å². The Morgan fingerprint density at radius 2 is 2.00 bits per heavy atom. The van der Waals surface area contributed by atoms with Gasteiger partial charge in [0.2, 0.25) is 11.8 Å². The number of ether oxygens (including phenoxy) is 1. The molecule has 1 aliphatic heterocycles. The molecule has 1 aromatic carbocycles. The molecule has 2 rings (SSSR count). The zero-order chi connectivity index (χ0) is 21.8. The normalized spacial score (nSPS) is 18.5. The average Bonchev–Trinajstić information content (AvgIpc) is 2.66. The molecule has 0 unspecified atom stereocenters. The lowest BCUT2D eigenvalue weighted by atomic mass is 10.1. The van der Waals surface area contributed by atoms with Crippen LogP contribution in [0.4, 0.5) is 18.9 Å². The number of amides is 2. The van der Waals surface area contributed by atoms with Crippen molar-refractivity contribution in [1.82, 2.24) is 10.2 Å². The molecule has 1 saturated heterocycles. The number of nitrogens with zero attached hydrogens (tertiary/aromatic N) is 2. The highest BCUT2D eigenvalue weighted by Gasteiger charge is 2.32.